The van der Waals surface area contributed by atoms with E-state index in [1.807, 2.05) is 12.1 Å². The van der Waals surface area contributed by atoms with Gasteiger partial charge in [0, 0.05) is 5.69 Å². The van der Waals surface area contributed by atoms with E-state index < -0.39 is 0 Å². The van der Waals surface area contributed by atoms with Gasteiger partial charge in [0.05, 0.1) is 17.0 Å². The third kappa shape index (κ3) is 5.28. The van der Waals surface area contributed by atoms with E-state index in [-0.39, 0.29) is 11.4 Å². The minimum absolute atomic E-state index is 0.139. The second-order valence-corrected chi connectivity index (χ2v) is 7.86. The third-order valence-electron chi connectivity index (χ3n) is 4.29. The molecule has 0 aliphatic carbocycles. The minimum atomic E-state index is -0.242. The Morgan fingerprint density at radius 1 is 1.31 bits per heavy atom. The molecule has 29 heavy (non-hydrogen) atoms. The number of amides is 1. The molecule has 152 valence electrons. The number of thioether (sulfide) groups is 1. The third-order valence-corrected chi connectivity index (χ3v) is 5.60. The van der Waals surface area contributed by atoms with Gasteiger partial charge in [0.2, 0.25) is 0 Å². The lowest BCUT2D eigenvalue weighted by Crippen LogP contribution is -2.30. The molecule has 1 amide bonds. The molecule has 0 radical (unpaired) electrons. The maximum Gasteiger partial charge on any atom is 0.260 e. The number of hydrogen-bond acceptors (Lipinski definition) is 5. The Morgan fingerprint density at radius 3 is 2.72 bits per heavy atom. The zero-order valence-electron chi connectivity index (χ0n) is 16.3. The van der Waals surface area contributed by atoms with Crippen LogP contribution in [0.15, 0.2) is 54.0 Å². The molecule has 1 atom stereocenters. The number of rotatable bonds is 8. The standard InChI is InChI=1S/C22H23ClN2O3S/c1-4-10-28-20-17(23)11-15(12-18(20)27-3)13-19-21(26)25-22(29-19)24-16-8-6-14(5-2)7-9-16/h4,6-9,11-13,22,24H,1,5,10H2,2-3H3,(H,25,26)/b19-13-/t22-/m0/s1. The zero-order valence-corrected chi connectivity index (χ0v) is 17.9. The van der Waals surface area contributed by atoms with Crippen LogP contribution in [0.3, 0.4) is 0 Å². The summed E-state index contributed by atoms with van der Waals surface area (Å²) in [5.74, 6) is 0.815. The van der Waals surface area contributed by atoms with Crippen molar-refractivity contribution in [1.29, 1.82) is 0 Å². The van der Waals surface area contributed by atoms with E-state index >= 15 is 0 Å². The first kappa shape index (κ1) is 21.1. The van der Waals surface area contributed by atoms with Gasteiger partial charge in [0.15, 0.2) is 17.0 Å². The average Bonchev–Trinajstić information content (AvgIpc) is 3.06. The largest absolute Gasteiger partial charge is 0.493 e. The molecule has 2 N–H and O–H groups in total. The number of ether oxygens (including phenoxy) is 2. The Bertz CT molecular complexity index is 928. The van der Waals surface area contributed by atoms with Crippen LogP contribution in [-0.4, -0.2) is 25.1 Å². The lowest BCUT2D eigenvalue weighted by Gasteiger charge is -2.13. The maximum absolute atomic E-state index is 12.4. The second kappa shape index (κ2) is 9.76. The zero-order chi connectivity index (χ0) is 20.8. The van der Waals surface area contributed by atoms with E-state index in [9.17, 15) is 4.79 Å². The summed E-state index contributed by atoms with van der Waals surface area (Å²) in [6, 6.07) is 11.7. The Kier molecular flexibility index (Phi) is 7.12. The molecule has 0 saturated carbocycles. The summed E-state index contributed by atoms with van der Waals surface area (Å²) in [5.41, 5.74) is 2.73. The number of aryl methyl sites for hydroxylation is 1. The molecule has 1 fully saturated rings. The van der Waals surface area contributed by atoms with Gasteiger partial charge in [-0.3, -0.25) is 4.79 Å². The summed E-state index contributed by atoms with van der Waals surface area (Å²) in [6.45, 7) is 6.07. The number of benzene rings is 2. The molecule has 0 aromatic heterocycles. The molecule has 1 aliphatic heterocycles. The molecule has 7 heteroatoms. The number of carbonyl (C=O) groups is 1. The Hall–Kier alpha value is -2.57. The minimum Gasteiger partial charge on any atom is -0.493 e. The lowest BCUT2D eigenvalue weighted by atomic mass is 10.1. The number of carbonyl (C=O) groups excluding carboxylic acids is 1. The SMILES string of the molecule is C=CCOc1c(Cl)cc(/C=C2\S[C@@H](Nc3ccc(CC)cc3)NC2=O)cc1OC. The molecule has 1 aliphatic rings. The van der Waals surface area contributed by atoms with Crippen molar-refractivity contribution in [3.05, 3.63) is 70.1 Å². The van der Waals surface area contributed by atoms with Crippen molar-refractivity contribution in [2.45, 2.75) is 18.8 Å². The number of nitrogens with one attached hydrogen (secondary N) is 2. The fourth-order valence-electron chi connectivity index (χ4n) is 2.81. The summed E-state index contributed by atoms with van der Waals surface area (Å²) in [7, 11) is 1.55. The number of halogens is 1. The van der Waals surface area contributed by atoms with E-state index in [1.165, 1.54) is 17.3 Å². The highest BCUT2D eigenvalue weighted by molar-refractivity contribution is 8.05. The fourth-order valence-corrected chi connectivity index (χ4v) is 4.07. The first-order chi connectivity index (χ1) is 14.0. The quantitative estimate of drug-likeness (QED) is 0.452. The van der Waals surface area contributed by atoms with Crippen LogP contribution in [0.2, 0.25) is 5.02 Å². The summed E-state index contributed by atoms with van der Waals surface area (Å²) in [5, 5.41) is 6.65. The van der Waals surface area contributed by atoms with Crippen LogP contribution in [0.4, 0.5) is 5.69 Å². The molecule has 0 bridgehead atoms. The van der Waals surface area contributed by atoms with Gasteiger partial charge in [-0.15, -0.1) is 0 Å². The number of hydrogen-bond donors (Lipinski definition) is 2. The first-order valence-corrected chi connectivity index (χ1v) is 10.5. The molecule has 0 spiro atoms. The van der Waals surface area contributed by atoms with E-state index in [2.05, 4.69) is 36.3 Å². The molecule has 2 aromatic rings. The highest BCUT2D eigenvalue weighted by Gasteiger charge is 2.27. The molecule has 3 rings (SSSR count). The lowest BCUT2D eigenvalue weighted by molar-refractivity contribution is -0.116. The van der Waals surface area contributed by atoms with Crippen LogP contribution in [0, 0.1) is 0 Å². The van der Waals surface area contributed by atoms with Crippen molar-refractivity contribution >= 4 is 41.0 Å². The first-order valence-electron chi connectivity index (χ1n) is 9.20. The van der Waals surface area contributed by atoms with Gasteiger partial charge >= 0.3 is 0 Å². The fraction of sp³-hybridized carbons (Fsp3) is 0.227. The van der Waals surface area contributed by atoms with Crippen LogP contribution in [-0.2, 0) is 11.2 Å². The van der Waals surface area contributed by atoms with Crippen molar-refractivity contribution in [3.8, 4) is 11.5 Å². The average molecular weight is 431 g/mol. The van der Waals surface area contributed by atoms with Crippen molar-refractivity contribution < 1.29 is 14.3 Å². The van der Waals surface area contributed by atoms with Gasteiger partial charge in [-0.25, -0.2) is 0 Å². The normalized spacial score (nSPS) is 17.1. The van der Waals surface area contributed by atoms with Gasteiger partial charge in [0.1, 0.15) is 6.61 Å². The van der Waals surface area contributed by atoms with Crippen LogP contribution in [0.5, 0.6) is 11.5 Å². The highest BCUT2D eigenvalue weighted by Crippen LogP contribution is 2.38. The van der Waals surface area contributed by atoms with Crippen LogP contribution in [0.25, 0.3) is 6.08 Å². The van der Waals surface area contributed by atoms with Gasteiger partial charge in [-0.1, -0.05) is 55.1 Å². The summed E-state index contributed by atoms with van der Waals surface area (Å²) in [4.78, 5) is 13.0. The van der Waals surface area contributed by atoms with Crippen LogP contribution in [0.1, 0.15) is 18.1 Å². The molecule has 1 saturated heterocycles. The smallest absolute Gasteiger partial charge is 0.260 e. The van der Waals surface area contributed by atoms with Gasteiger partial charge in [-0.2, -0.15) is 0 Å². The Morgan fingerprint density at radius 2 is 2.07 bits per heavy atom. The predicted molar refractivity (Wildman–Crippen MR) is 121 cm³/mol. The van der Waals surface area contributed by atoms with E-state index in [4.69, 9.17) is 21.1 Å². The van der Waals surface area contributed by atoms with Gasteiger partial charge in [0.25, 0.3) is 5.91 Å². The van der Waals surface area contributed by atoms with Crippen molar-refractivity contribution in [2.75, 3.05) is 19.0 Å². The van der Waals surface area contributed by atoms with Crippen molar-refractivity contribution in [2.24, 2.45) is 0 Å². The highest BCUT2D eigenvalue weighted by atomic mass is 35.5. The molecule has 0 unspecified atom stereocenters. The maximum atomic E-state index is 12.4. The van der Waals surface area contributed by atoms with Gasteiger partial charge in [-0.05, 0) is 47.9 Å². The molecule has 1 heterocycles. The molecule has 2 aromatic carbocycles. The summed E-state index contributed by atoms with van der Waals surface area (Å²) in [6.07, 6.45) is 4.41. The van der Waals surface area contributed by atoms with Gasteiger partial charge < -0.3 is 20.1 Å². The monoisotopic (exact) mass is 430 g/mol. The summed E-state index contributed by atoms with van der Waals surface area (Å²) >= 11 is 7.76. The Balaban J connectivity index is 1.75. The molecular formula is C22H23ClN2O3S. The number of anilines is 1. The number of methoxy groups -OCH3 is 1. The van der Waals surface area contributed by atoms with Crippen LogP contribution >= 0.6 is 23.4 Å². The summed E-state index contributed by atoms with van der Waals surface area (Å²) < 4.78 is 10.9. The topological polar surface area (TPSA) is 59.6 Å². The van der Waals surface area contributed by atoms with Crippen molar-refractivity contribution in [3.63, 3.8) is 0 Å². The Labute approximate surface area is 180 Å². The van der Waals surface area contributed by atoms with E-state index in [1.54, 1.807) is 31.4 Å². The molecular weight excluding hydrogens is 408 g/mol. The van der Waals surface area contributed by atoms with Crippen LogP contribution < -0.4 is 20.1 Å². The predicted octanol–water partition coefficient (Wildman–Crippen LogP) is 5.08. The molecule has 5 nitrogen and oxygen atoms in total. The van der Waals surface area contributed by atoms with E-state index in [0.29, 0.717) is 28.0 Å². The van der Waals surface area contributed by atoms with E-state index in [0.717, 1.165) is 17.7 Å². The second-order valence-electron chi connectivity index (χ2n) is 6.31. The van der Waals surface area contributed by atoms with Crippen molar-refractivity contribution in [1.82, 2.24) is 5.32 Å².